The molecule has 1 aromatic carbocycles. The van der Waals surface area contributed by atoms with Crippen LogP contribution in [-0.4, -0.2) is 22.1 Å². The molecule has 0 amide bonds. The molecule has 0 aliphatic carbocycles. The molecule has 20 heavy (non-hydrogen) atoms. The van der Waals surface area contributed by atoms with Gasteiger partial charge >= 0.3 is 0 Å². The normalized spacial score (nSPS) is 13.6. The number of benzene rings is 1. The second-order valence-electron chi connectivity index (χ2n) is 5.28. The molecular weight excluding hydrogens is 250 g/mol. The number of anilines is 1. The van der Waals surface area contributed by atoms with Crippen LogP contribution in [0.2, 0.25) is 0 Å². The van der Waals surface area contributed by atoms with E-state index in [1.807, 2.05) is 23.0 Å². The SMILES string of the molecule is CCn1cc(CN2CCc3cc(C(C)=O)ccc32)cn1. The van der Waals surface area contributed by atoms with Crippen LogP contribution in [0, 0.1) is 0 Å². The number of rotatable bonds is 4. The van der Waals surface area contributed by atoms with Crippen molar-refractivity contribution in [2.24, 2.45) is 0 Å². The van der Waals surface area contributed by atoms with Gasteiger partial charge in [0.25, 0.3) is 0 Å². The minimum absolute atomic E-state index is 0.135. The van der Waals surface area contributed by atoms with Gasteiger partial charge in [0.2, 0.25) is 0 Å². The molecule has 2 aromatic rings. The monoisotopic (exact) mass is 269 g/mol. The molecule has 3 rings (SSSR count). The van der Waals surface area contributed by atoms with Crippen molar-refractivity contribution in [1.82, 2.24) is 9.78 Å². The zero-order valence-corrected chi connectivity index (χ0v) is 12.0. The predicted octanol–water partition coefficient (Wildman–Crippen LogP) is 2.67. The molecule has 4 heteroatoms. The van der Waals surface area contributed by atoms with E-state index in [9.17, 15) is 4.79 Å². The number of Topliss-reactive ketones (excluding diaryl/α,β-unsaturated/α-hetero) is 1. The number of carbonyl (C=O) groups is 1. The number of ketones is 1. The highest BCUT2D eigenvalue weighted by Crippen LogP contribution is 2.30. The molecular formula is C16H19N3O. The van der Waals surface area contributed by atoms with Crippen LogP contribution in [0.25, 0.3) is 0 Å². The molecule has 1 aromatic heterocycles. The highest BCUT2D eigenvalue weighted by molar-refractivity contribution is 5.94. The maximum absolute atomic E-state index is 11.4. The summed E-state index contributed by atoms with van der Waals surface area (Å²) in [4.78, 5) is 13.8. The molecule has 0 saturated heterocycles. The summed E-state index contributed by atoms with van der Waals surface area (Å²) in [5.74, 6) is 0.135. The third-order valence-electron chi connectivity index (χ3n) is 3.86. The second-order valence-corrected chi connectivity index (χ2v) is 5.28. The molecule has 0 spiro atoms. The summed E-state index contributed by atoms with van der Waals surface area (Å²) in [6.45, 7) is 6.50. The van der Waals surface area contributed by atoms with E-state index in [2.05, 4.69) is 29.2 Å². The minimum Gasteiger partial charge on any atom is -0.367 e. The third-order valence-corrected chi connectivity index (χ3v) is 3.86. The van der Waals surface area contributed by atoms with E-state index < -0.39 is 0 Å². The molecule has 0 saturated carbocycles. The number of aromatic nitrogens is 2. The van der Waals surface area contributed by atoms with Gasteiger partial charge in [0.05, 0.1) is 6.20 Å². The van der Waals surface area contributed by atoms with Gasteiger partial charge in [-0.3, -0.25) is 9.48 Å². The molecule has 1 aliphatic rings. The van der Waals surface area contributed by atoms with Crippen LogP contribution < -0.4 is 4.90 Å². The van der Waals surface area contributed by atoms with Gasteiger partial charge in [-0.15, -0.1) is 0 Å². The van der Waals surface area contributed by atoms with Crippen LogP contribution in [0.1, 0.15) is 35.3 Å². The van der Waals surface area contributed by atoms with Crippen LogP contribution in [0.3, 0.4) is 0 Å². The molecule has 4 nitrogen and oxygen atoms in total. The number of nitrogens with zero attached hydrogens (tertiary/aromatic N) is 3. The Bertz CT molecular complexity index is 645. The quantitative estimate of drug-likeness (QED) is 0.801. The Balaban J connectivity index is 1.80. The van der Waals surface area contributed by atoms with Gasteiger partial charge in [-0.2, -0.15) is 5.10 Å². The predicted molar refractivity (Wildman–Crippen MR) is 79.1 cm³/mol. The lowest BCUT2D eigenvalue weighted by atomic mass is 10.1. The fourth-order valence-electron chi connectivity index (χ4n) is 2.73. The molecule has 1 aliphatic heterocycles. The summed E-state index contributed by atoms with van der Waals surface area (Å²) in [7, 11) is 0. The van der Waals surface area contributed by atoms with Crippen LogP contribution in [-0.2, 0) is 19.5 Å². The summed E-state index contributed by atoms with van der Waals surface area (Å²) in [6.07, 6.45) is 5.05. The van der Waals surface area contributed by atoms with Crippen LogP contribution in [0.4, 0.5) is 5.69 Å². The molecule has 2 heterocycles. The van der Waals surface area contributed by atoms with E-state index in [-0.39, 0.29) is 5.78 Å². The van der Waals surface area contributed by atoms with E-state index in [0.29, 0.717) is 0 Å². The van der Waals surface area contributed by atoms with Crippen molar-refractivity contribution in [1.29, 1.82) is 0 Å². The lowest BCUT2D eigenvalue weighted by Crippen LogP contribution is -2.19. The fourth-order valence-corrected chi connectivity index (χ4v) is 2.73. The smallest absolute Gasteiger partial charge is 0.159 e. The van der Waals surface area contributed by atoms with Crippen molar-refractivity contribution < 1.29 is 4.79 Å². The number of aryl methyl sites for hydroxylation is 1. The summed E-state index contributed by atoms with van der Waals surface area (Å²) >= 11 is 0. The van der Waals surface area contributed by atoms with Crippen molar-refractivity contribution in [3.05, 3.63) is 47.3 Å². The van der Waals surface area contributed by atoms with Gasteiger partial charge < -0.3 is 4.90 Å². The van der Waals surface area contributed by atoms with E-state index in [1.54, 1.807) is 6.92 Å². The molecule has 0 fully saturated rings. The molecule has 0 N–H and O–H groups in total. The van der Waals surface area contributed by atoms with E-state index in [0.717, 1.165) is 31.6 Å². The number of hydrogen-bond acceptors (Lipinski definition) is 3. The largest absolute Gasteiger partial charge is 0.367 e. The Morgan fingerprint density at radius 3 is 2.95 bits per heavy atom. The minimum atomic E-state index is 0.135. The van der Waals surface area contributed by atoms with Gasteiger partial charge in [0.15, 0.2) is 5.78 Å². The van der Waals surface area contributed by atoms with Crippen molar-refractivity contribution in [3.8, 4) is 0 Å². The van der Waals surface area contributed by atoms with Crippen LogP contribution in [0.15, 0.2) is 30.6 Å². The zero-order valence-electron chi connectivity index (χ0n) is 12.0. The lowest BCUT2D eigenvalue weighted by Gasteiger charge is -2.18. The first-order valence-corrected chi connectivity index (χ1v) is 7.07. The Labute approximate surface area is 119 Å². The maximum Gasteiger partial charge on any atom is 0.159 e. The van der Waals surface area contributed by atoms with Gasteiger partial charge in [-0.05, 0) is 44.0 Å². The summed E-state index contributed by atoms with van der Waals surface area (Å²) in [5, 5.41) is 4.32. The molecule has 0 bridgehead atoms. The van der Waals surface area contributed by atoms with Crippen molar-refractivity contribution in [2.45, 2.75) is 33.4 Å². The average Bonchev–Trinajstić information content (AvgIpc) is 3.06. The molecule has 0 unspecified atom stereocenters. The molecule has 104 valence electrons. The van der Waals surface area contributed by atoms with E-state index >= 15 is 0 Å². The maximum atomic E-state index is 11.4. The average molecular weight is 269 g/mol. The van der Waals surface area contributed by atoms with Gasteiger partial charge in [0.1, 0.15) is 0 Å². The molecule has 0 radical (unpaired) electrons. The van der Waals surface area contributed by atoms with Crippen LogP contribution in [0.5, 0.6) is 0 Å². The topological polar surface area (TPSA) is 38.1 Å². The van der Waals surface area contributed by atoms with Crippen molar-refractivity contribution in [3.63, 3.8) is 0 Å². The van der Waals surface area contributed by atoms with Crippen LogP contribution >= 0.6 is 0 Å². The van der Waals surface area contributed by atoms with E-state index in [4.69, 9.17) is 0 Å². The summed E-state index contributed by atoms with van der Waals surface area (Å²) in [5.41, 5.74) is 4.57. The van der Waals surface area contributed by atoms with Gasteiger partial charge in [-0.1, -0.05) is 0 Å². The fraction of sp³-hybridized carbons (Fsp3) is 0.375. The van der Waals surface area contributed by atoms with Crippen molar-refractivity contribution >= 4 is 11.5 Å². The Morgan fingerprint density at radius 1 is 1.40 bits per heavy atom. The van der Waals surface area contributed by atoms with Crippen molar-refractivity contribution in [2.75, 3.05) is 11.4 Å². The first kappa shape index (κ1) is 12.9. The standard InChI is InChI=1S/C16H19N3O/c1-3-19-11-13(9-17-19)10-18-7-6-15-8-14(12(2)20)4-5-16(15)18/h4-5,8-9,11H,3,6-7,10H2,1-2H3. The third kappa shape index (κ3) is 2.33. The van der Waals surface area contributed by atoms with Gasteiger partial charge in [-0.25, -0.2) is 0 Å². The first-order chi connectivity index (χ1) is 9.67. The number of fused-ring (bicyclic) bond motifs is 1. The summed E-state index contributed by atoms with van der Waals surface area (Å²) < 4.78 is 1.95. The first-order valence-electron chi connectivity index (χ1n) is 7.07. The number of hydrogen-bond donors (Lipinski definition) is 0. The molecule has 0 atom stereocenters. The second kappa shape index (κ2) is 5.12. The lowest BCUT2D eigenvalue weighted by molar-refractivity contribution is 0.101. The number of carbonyl (C=O) groups excluding carboxylic acids is 1. The Morgan fingerprint density at radius 2 is 2.25 bits per heavy atom. The van der Waals surface area contributed by atoms with E-state index in [1.165, 1.54) is 16.8 Å². The highest BCUT2D eigenvalue weighted by atomic mass is 16.1. The summed E-state index contributed by atoms with van der Waals surface area (Å²) in [6, 6.07) is 6.03. The Hall–Kier alpha value is -2.10. The highest BCUT2D eigenvalue weighted by Gasteiger charge is 2.20. The zero-order chi connectivity index (χ0) is 14.1. The Kier molecular flexibility index (Phi) is 3.30. The van der Waals surface area contributed by atoms with Gasteiger partial charge in [0, 0.05) is 42.6 Å².